The van der Waals surface area contributed by atoms with E-state index >= 15 is 0 Å². The summed E-state index contributed by atoms with van der Waals surface area (Å²) in [4.78, 5) is 12.5. The molecule has 2 aromatic rings. The first-order chi connectivity index (χ1) is 12.1. The third-order valence-corrected chi connectivity index (χ3v) is 5.02. The molecule has 6 heteroatoms. The number of aliphatic hydroxyl groups excluding tert-OH is 2. The minimum atomic E-state index is -0.317. The Kier molecular flexibility index (Phi) is 4.23. The Bertz CT molecular complexity index is 778. The van der Waals surface area contributed by atoms with E-state index in [9.17, 15) is 9.90 Å². The maximum absolute atomic E-state index is 12.5. The third-order valence-electron chi connectivity index (χ3n) is 5.02. The summed E-state index contributed by atoms with van der Waals surface area (Å²) in [6.45, 7) is 0.449. The summed E-state index contributed by atoms with van der Waals surface area (Å²) in [5.41, 5.74) is 2.17. The fraction of sp³-hybridized carbons (Fsp3) is 0.421. The van der Waals surface area contributed by atoms with Crippen molar-refractivity contribution in [3.63, 3.8) is 0 Å². The number of carbonyl (C=O) groups is 1. The number of carbonyl (C=O) groups excluding carboxylic acids is 1. The standard InChI is InChI=1S/C19H21NO5/c21-10-15-2-4-17(25-15)19(23)20-18(13-8-14(22)9-13)12-1-3-16-11(7-12)5-6-24-16/h1-4,7,13-14,18,21-22H,5-6,8-10H2,(H,20,23)/t13?,14?,18-/m0/s1. The molecule has 0 saturated heterocycles. The minimum absolute atomic E-state index is 0.179. The van der Waals surface area contributed by atoms with Crippen LogP contribution in [0.5, 0.6) is 5.75 Å². The van der Waals surface area contributed by atoms with Crippen LogP contribution in [-0.4, -0.2) is 28.8 Å². The van der Waals surface area contributed by atoms with Crippen molar-refractivity contribution >= 4 is 5.91 Å². The van der Waals surface area contributed by atoms with Crippen LogP contribution in [-0.2, 0) is 13.0 Å². The minimum Gasteiger partial charge on any atom is -0.493 e. The number of benzene rings is 1. The van der Waals surface area contributed by atoms with E-state index in [0.29, 0.717) is 25.2 Å². The average molecular weight is 343 g/mol. The highest BCUT2D eigenvalue weighted by Gasteiger charge is 2.36. The number of hydrogen-bond acceptors (Lipinski definition) is 5. The summed E-state index contributed by atoms with van der Waals surface area (Å²) in [5.74, 6) is 1.31. The molecule has 1 aliphatic carbocycles. The molecule has 2 heterocycles. The van der Waals surface area contributed by atoms with Crippen LogP contribution >= 0.6 is 0 Å². The second-order valence-electron chi connectivity index (χ2n) is 6.73. The fourth-order valence-corrected chi connectivity index (χ4v) is 3.57. The predicted molar refractivity (Wildman–Crippen MR) is 89.2 cm³/mol. The number of furan rings is 1. The van der Waals surface area contributed by atoms with Gasteiger partial charge in [-0.1, -0.05) is 6.07 Å². The van der Waals surface area contributed by atoms with Crippen molar-refractivity contribution in [1.29, 1.82) is 0 Å². The van der Waals surface area contributed by atoms with E-state index in [1.165, 1.54) is 0 Å². The molecule has 4 rings (SSSR count). The largest absolute Gasteiger partial charge is 0.493 e. The lowest BCUT2D eigenvalue weighted by Gasteiger charge is -2.38. The Morgan fingerprint density at radius 3 is 2.84 bits per heavy atom. The van der Waals surface area contributed by atoms with E-state index in [1.807, 2.05) is 12.1 Å². The van der Waals surface area contributed by atoms with Gasteiger partial charge in [0.2, 0.25) is 0 Å². The van der Waals surface area contributed by atoms with Crippen molar-refractivity contribution in [2.24, 2.45) is 5.92 Å². The quantitative estimate of drug-likeness (QED) is 0.772. The number of rotatable bonds is 5. The molecule has 1 aromatic heterocycles. The molecule has 1 aliphatic heterocycles. The molecule has 132 valence electrons. The van der Waals surface area contributed by atoms with Crippen LogP contribution in [0.2, 0.25) is 0 Å². The first-order valence-electron chi connectivity index (χ1n) is 8.58. The Balaban J connectivity index is 1.57. The molecule has 0 bridgehead atoms. The number of fused-ring (bicyclic) bond motifs is 1. The predicted octanol–water partition coefficient (Wildman–Crippen LogP) is 1.95. The molecule has 3 N–H and O–H groups in total. The monoisotopic (exact) mass is 343 g/mol. The number of hydrogen-bond donors (Lipinski definition) is 3. The first-order valence-corrected chi connectivity index (χ1v) is 8.58. The van der Waals surface area contributed by atoms with Crippen molar-refractivity contribution in [3.8, 4) is 5.75 Å². The van der Waals surface area contributed by atoms with E-state index in [0.717, 1.165) is 23.3 Å². The molecule has 1 amide bonds. The summed E-state index contributed by atoms with van der Waals surface area (Å²) in [5, 5.41) is 21.8. The summed E-state index contributed by atoms with van der Waals surface area (Å²) < 4.78 is 10.9. The average Bonchev–Trinajstić information content (AvgIpc) is 3.25. The second kappa shape index (κ2) is 6.54. The van der Waals surface area contributed by atoms with Gasteiger partial charge in [0.1, 0.15) is 18.1 Å². The lowest BCUT2D eigenvalue weighted by molar-refractivity contribution is 0.0232. The van der Waals surface area contributed by atoms with Crippen LogP contribution in [0.4, 0.5) is 0 Å². The Morgan fingerprint density at radius 2 is 2.12 bits per heavy atom. The number of amides is 1. The molecular weight excluding hydrogens is 322 g/mol. The Hall–Kier alpha value is -2.31. The zero-order valence-electron chi connectivity index (χ0n) is 13.8. The molecule has 0 radical (unpaired) electrons. The summed E-state index contributed by atoms with van der Waals surface area (Å²) >= 11 is 0. The van der Waals surface area contributed by atoms with Gasteiger partial charge < -0.3 is 24.7 Å². The van der Waals surface area contributed by atoms with Crippen LogP contribution in [0.3, 0.4) is 0 Å². The van der Waals surface area contributed by atoms with Crippen molar-refractivity contribution in [2.45, 2.75) is 38.0 Å². The molecule has 1 aromatic carbocycles. The van der Waals surface area contributed by atoms with Crippen LogP contribution in [0.25, 0.3) is 0 Å². The Morgan fingerprint density at radius 1 is 1.28 bits per heavy atom. The highest BCUT2D eigenvalue weighted by molar-refractivity contribution is 5.91. The number of ether oxygens (including phenoxy) is 1. The maximum atomic E-state index is 12.5. The molecular formula is C19H21NO5. The van der Waals surface area contributed by atoms with E-state index in [-0.39, 0.29) is 36.3 Å². The topological polar surface area (TPSA) is 91.9 Å². The van der Waals surface area contributed by atoms with Gasteiger partial charge in [-0.2, -0.15) is 0 Å². The van der Waals surface area contributed by atoms with Crippen molar-refractivity contribution in [1.82, 2.24) is 5.32 Å². The number of aliphatic hydroxyl groups is 2. The van der Waals surface area contributed by atoms with Gasteiger partial charge in [0.05, 0.1) is 18.8 Å². The molecule has 1 atom stereocenters. The van der Waals surface area contributed by atoms with Crippen LogP contribution < -0.4 is 10.1 Å². The van der Waals surface area contributed by atoms with E-state index in [2.05, 4.69) is 11.4 Å². The smallest absolute Gasteiger partial charge is 0.287 e. The van der Waals surface area contributed by atoms with Crippen LogP contribution in [0.15, 0.2) is 34.7 Å². The molecule has 2 aliphatic rings. The van der Waals surface area contributed by atoms with Gasteiger partial charge >= 0.3 is 0 Å². The Labute approximate surface area is 145 Å². The van der Waals surface area contributed by atoms with Gasteiger partial charge in [0.15, 0.2) is 5.76 Å². The normalized spacial score (nSPS) is 22.6. The SMILES string of the molecule is O=C(N[C@@H](c1ccc2c(c1)CCO2)C1CC(O)C1)c1ccc(CO)o1. The lowest BCUT2D eigenvalue weighted by atomic mass is 9.75. The van der Waals surface area contributed by atoms with E-state index in [1.54, 1.807) is 12.1 Å². The van der Waals surface area contributed by atoms with Crippen molar-refractivity contribution < 1.29 is 24.2 Å². The lowest BCUT2D eigenvalue weighted by Crippen LogP contribution is -2.41. The van der Waals surface area contributed by atoms with Gasteiger partial charge in [-0.3, -0.25) is 4.79 Å². The molecule has 25 heavy (non-hydrogen) atoms. The van der Waals surface area contributed by atoms with Gasteiger partial charge in [-0.05, 0) is 54.2 Å². The second-order valence-corrected chi connectivity index (χ2v) is 6.73. The van der Waals surface area contributed by atoms with Crippen molar-refractivity contribution in [2.75, 3.05) is 6.61 Å². The third kappa shape index (κ3) is 3.15. The van der Waals surface area contributed by atoms with E-state index < -0.39 is 0 Å². The van der Waals surface area contributed by atoms with Gasteiger partial charge in [-0.15, -0.1) is 0 Å². The highest BCUT2D eigenvalue weighted by atomic mass is 16.5. The molecule has 0 unspecified atom stereocenters. The van der Waals surface area contributed by atoms with Gasteiger partial charge in [-0.25, -0.2) is 0 Å². The first kappa shape index (κ1) is 16.2. The summed E-state index contributed by atoms with van der Waals surface area (Å²) in [6, 6.07) is 8.96. The number of nitrogens with one attached hydrogen (secondary N) is 1. The fourth-order valence-electron chi connectivity index (χ4n) is 3.57. The van der Waals surface area contributed by atoms with Gasteiger partial charge in [0.25, 0.3) is 5.91 Å². The zero-order chi connectivity index (χ0) is 17.4. The highest BCUT2D eigenvalue weighted by Crippen LogP contribution is 2.40. The van der Waals surface area contributed by atoms with Crippen LogP contribution in [0.1, 0.15) is 46.3 Å². The van der Waals surface area contributed by atoms with Crippen LogP contribution in [0, 0.1) is 5.92 Å². The van der Waals surface area contributed by atoms with E-state index in [4.69, 9.17) is 14.3 Å². The summed E-state index contributed by atoms with van der Waals surface area (Å²) in [7, 11) is 0. The van der Waals surface area contributed by atoms with Gasteiger partial charge in [0, 0.05) is 6.42 Å². The summed E-state index contributed by atoms with van der Waals surface area (Å²) in [6.07, 6.45) is 1.90. The molecule has 0 spiro atoms. The maximum Gasteiger partial charge on any atom is 0.287 e. The molecule has 1 fully saturated rings. The zero-order valence-corrected chi connectivity index (χ0v) is 13.8. The molecule has 6 nitrogen and oxygen atoms in total. The molecule has 1 saturated carbocycles. The van der Waals surface area contributed by atoms with Crippen molar-refractivity contribution in [3.05, 3.63) is 53.0 Å².